The quantitative estimate of drug-likeness (QED) is 0.824. The molecular weight excluding hydrogens is 322 g/mol. The Balaban J connectivity index is 2.03. The molecule has 1 fully saturated rings. The Hall–Kier alpha value is -2.27. The number of nitrogens with zero attached hydrogens (tertiary/aromatic N) is 1. The average molecular weight is 344 g/mol. The van der Waals surface area contributed by atoms with Gasteiger partial charge >= 0.3 is 0 Å². The van der Waals surface area contributed by atoms with E-state index in [2.05, 4.69) is 10.5 Å². The first-order valence-corrected chi connectivity index (χ1v) is 8.39. The van der Waals surface area contributed by atoms with Crippen molar-refractivity contribution in [2.75, 3.05) is 7.11 Å². The number of hydrogen-bond donors (Lipinski definition) is 1. The lowest BCUT2D eigenvalue weighted by atomic mass is 9.75. The summed E-state index contributed by atoms with van der Waals surface area (Å²) in [4.78, 5) is 5.05. The molecule has 1 aliphatic heterocycles. The molecule has 0 bridgehead atoms. The second kappa shape index (κ2) is 7.31. The van der Waals surface area contributed by atoms with Crippen LogP contribution in [0.5, 0.6) is 0 Å². The lowest BCUT2D eigenvalue weighted by Crippen LogP contribution is -2.46. The van der Waals surface area contributed by atoms with E-state index in [-0.39, 0.29) is 35.6 Å². The summed E-state index contributed by atoms with van der Waals surface area (Å²) in [5, 5.41) is 7.79. The van der Waals surface area contributed by atoms with Gasteiger partial charge in [-0.1, -0.05) is 43.3 Å². The van der Waals surface area contributed by atoms with E-state index in [0.717, 1.165) is 16.8 Å². The van der Waals surface area contributed by atoms with Gasteiger partial charge in [-0.05, 0) is 35.4 Å². The Kier molecular flexibility index (Phi) is 5.13. The summed E-state index contributed by atoms with van der Waals surface area (Å²) in [7, 11) is 1.52. The van der Waals surface area contributed by atoms with Gasteiger partial charge in [0, 0.05) is 23.9 Å². The topological polar surface area (TPSA) is 33.6 Å². The Morgan fingerprint density at radius 1 is 0.880 bits per heavy atom. The van der Waals surface area contributed by atoms with Crippen LogP contribution in [0, 0.1) is 23.5 Å². The Morgan fingerprint density at radius 2 is 1.36 bits per heavy atom. The van der Waals surface area contributed by atoms with Crippen molar-refractivity contribution in [3.8, 4) is 0 Å². The van der Waals surface area contributed by atoms with Crippen LogP contribution in [0.4, 0.5) is 8.78 Å². The standard InChI is InChI=1S/C20H22F2N2O/c1-12-18(24-25-3)13(2)20(15-7-5-9-17(22)11-15)23-19(12)14-6-4-8-16(21)10-14/h4-13,19-20,23H,1-3H3/t12-,13+,19-,20+. The lowest BCUT2D eigenvalue weighted by Gasteiger charge is -2.41. The van der Waals surface area contributed by atoms with Gasteiger partial charge in [-0.3, -0.25) is 0 Å². The van der Waals surface area contributed by atoms with Crippen LogP contribution in [0.25, 0.3) is 0 Å². The molecule has 0 radical (unpaired) electrons. The normalized spacial score (nSPS) is 28.1. The van der Waals surface area contributed by atoms with E-state index in [1.54, 1.807) is 12.1 Å². The smallest absolute Gasteiger partial charge is 0.123 e. The van der Waals surface area contributed by atoms with E-state index < -0.39 is 0 Å². The van der Waals surface area contributed by atoms with Gasteiger partial charge in [0.1, 0.15) is 18.7 Å². The third-order valence-corrected chi connectivity index (χ3v) is 4.90. The van der Waals surface area contributed by atoms with Crippen LogP contribution in [0.1, 0.15) is 37.1 Å². The summed E-state index contributed by atoms with van der Waals surface area (Å²) in [6.07, 6.45) is 0. The maximum atomic E-state index is 13.7. The molecule has 0 saturated carbocycles. The Labute approximate surface area is 146 Å². The minimum atomic E-state index is -0.280. The van der Waals surface area contributed by atoms with Crippen LogP contribution in [0.15, 0.2) is 53.7 Å². The molecule has 5 heteroatoms. The number of hydrogen-bond acceptors (Lipinski definition) is 3. The number of nitrogens with one attached hydrogen (secondary N) is 1. The molecule has 1 saturated heterocycles. The van der Waals surface area contributed by atoms with E-state index in [0.29, 0.717) is 0 Å². The third kappa shape index (κ3) is 3.56. The van der Waals surface area contributed by atoms with Gasteiger partial charge in [0.25, 0.3) is 0 Å². The van der Waals surface area contributed by atoms with Crippen LogP contribution in [-0.2, 0) is 4.84 Å². The molecule has 0 spiro atoms. The molecule has 1 heterocycles. The molecule has 25 heavy (non-hydrogen) atoms. The first kappa shape index (κ1) is 17.5. The minimum Gasteiger partial charge on any atom is -0.399 e. The molecule has 1 N–H and O–H groups in total. The Morgan fingerprint density at radius 3 is 1.76 bits per heavy atom. The SMILES string of the molecule is CON=C1[C@@H](C)[C@H](c2cccc(F)c2)N[C@H](c2cccc(F)c2)[C@H]1C. The summed E-state index contributed by atoms with van der Waals surface area (Å²) < 4.78 is 27.4. The van der Waals surface area contributed by atoms with Crippen LogP contribution < -0.4 is 5.32 Å². The number of benzene rings is 2. The second-order valence-corrected chi connectivity index (χ2v) is 6.51. The molecule has 2 aromatic carbocycles. The highest BCUT2D eigenvalue weighted by atomic mass is 19.1. The van der Waals surface area contributed by atoms with Crippen molar-refractivity contribution >= 4 is 5.71 Å². The zero-order chi connectivity index (χ0) is 18.0. The third-order valence-electron chi connectivity index (χ3n) is 4.90. The molecule has 3 rings (SSSR count). The molecule has 3 nitrogen and oxygen atoms in total. The van der Waals surface area contributed by atoms with Crippen molar-refractivity contribution in [1.82, 2.24) is 5.32 Å². The molecule has 0 aliphatic carbocycles. The van der Waals surface area contributed by atoms with Crippen LogP contribution in [0.2, 0.25) is 0 Å². The minimum absolute atomic E-state index is 0.0153. The molecule has 0 amide bonds. The monoisotopic (exact) mass is 344 g/mol. The largest absolute Gasteiger partial charge is 0.399 e. The van der Waals surface area contributed by atoms with Crippen LogP contribution >= 0.6 is 0 Å². The van der Waals surface area contributed by atoms with E-state index in [1.165, 1.54) is 31.4 Å². The molecule has 132 valence electrons. The second-order valence-electron chi connectivity index (χ2n) is 6.51. The van der Waals surface area contributed by atoms with E-state index in [4.69, 9.17) is 4.84 Å². The molecule has 2 aromatic rings. The van der Waals surface area contributed by atoms with Gasteiger partial charge in [-0.15, -0.1) is 0 Å². The highest BCUT2D eigenvalue weighted by Gasteiger charge is 2.39. The van der Waals surface area contributed by atoms with E-state index in [9.17, 15) is 8.78 Å². The summed E-state index contributed by atoms with van der Waals surface area (Å²) in [5.74, 6) is -0.529. The van der Waals surface area contributed by atoms with Crippen molar-refractivity contribution in [3.05, 3.63) is 71.3 Å². The van der Waals surface area contributed by atoms with Crippen LogP contribution in [0.3, 0.4) is 0 Å². The highest BCUT2D eigenvalue weighted by Crippen LogP contribution is 2.39. The van der Waals surface area contributed by atoms with Gasteiger partial charge in [0.2, 0.25) is 0 Å². The van der Waals surface area contributed by atoms with Gasteiger partial charge in [0.05, 0.1) is 5.71 Å². The molecular formula is C20H22F2N2O. The van der Waals surface area contributed by atoms with Gasteiger partial charge < -0.3 is 10.2 Å². The predicted octanol–water partition coefficient (Wildman–Crippen LogP) is 4.63. The first-order chi connectivity index (χ1) is 12.0. The number of rotatable bonds is 3. The summed E-state index contributed by atoms with van der Waals surface area (Å²) in [5.41, 5.74) is 2.55. The van der Waals surface area contributed by atoms with E-state index in [1.807, 2.05) is 26.0 Å². The first-order valence-electron chi connectivity index (χ1n) is 8.39. The van der Waals surface area contributed by atoms with Gasteiger partial charge in [0.15, 0.2) is 0 Å². The number of oxime groups is 1. The van der Waals surface area contributed by atoms with Crippen molar-refractivity contribution in [1.29, 1.82) is 0 Å². The van der Waals surface area contributed by atoms with Crippen molar-refractivity contribution < 1.29 is 13.6 Å². The zero-order valence-electron chi connectivity index (χ0n) is 14.5. The zero-order valence-corrected chi connectivity index (χ0v) is 14.5. The fourth-order valence-corrected chi connectivity index (χ4v) is 3.68. The number of halogens is 2. The molecule has 4 atom stereocenters. The maximum Gasteiger partial charge on any atom is 0.123 e. The van der Waals surface area contributed by atoms with Crippen LogP contribution in [-0.4, -0.2) is 12.8 Å². The highest BCUT2D eigenvalue weighted by molar-refractivity contribution is 5.90. The lowest BCUT2D eigenvalue weighted by molar-refractivity contribution is 0.199. The fourth-order valence-electron chi connectivity index (χ4n) is 3.68. The van der Waals surface area contributed by atoms with E-state index >= 15 is 0 Å². The average Bonchev–Trinajstić information content (AvgIpc) is 2.59. The van der Waals surface area contributed by atoms with Crippen molar-refractivity contribution in [3.63, 3.8) is 0 Å². The maximum absolute atomic E-state index is 13.7. The summed E-state index contributed by atoms with van der Waals surface area (Å²) >= 11 is 0. The summed E-state index contributed by atoms with van der Waals surface area (Å²) in [6, 6.07) is 12.8. The van der Waals surface area contributed by atoms with Crippen molar-refractivity contribution in [2.45, 2.75) is 25.9 Å². The number of piperidine rings is 1. The molecule has 0 unspecified atom stereocenters. The Bertz CT molecular complexity index is 718. The molecule has 1 aliphatic rings. The predicted molar refractivity (Wildman–Crippen MR) is 94.2 cm³/mol. The van der Waals surface area contributed by atoms with Crippen molar-refractivity contribution in [2.24, 2.45) is 17.0 Å². The summed E-state index contributed by atoms with van der Waals surface area (Å²) in [6.45, 7) is 4.08. The fraction of sp³-hybridized carbons (Fsp3) is 0.350. The molecule has 0 aromatic heterocycles. The van der Waals surface area contributed by atoms with Gasteiger partial charge in [-0.2, -0.15) is 0 Å². The van der Waals surface area contributed by atoms with Gasteiger partial charge in [-0.25, -0.2) is 8.78 Å².